The van der Waals surface area contributed by atoms with Crippen LogP contribution in [0.15, 0.2) is 48.5 Å². The number of hydrogen-bond acceptors (Lipinski definition) is 5. The average molecular weight is 378 g/mol. The topological polar surface area (TPSA) is 67.8 Å². The van der Waals surface area contributed by atoms with Crippen molar-refractivity contribution in [2.24, 2.45) is 0 Å². The fraction of sp³-hybridized carbons (Fsp3) is 0.350. The van der Waals surface area contributed by atoms with Gasteiger partial charge in [0.05, 0.1) is 7.11 Å². The highest BCUT2D eigenvalue weighted by atomic mass is 35.5. The smallest absolute Gasteiger partial charge is 0.343 e. The Hall–Kier alpha value is -2.08. The van der Waals surface area contributed by atoms with Crippen LogP contribution in [0.3, 0.4) is 0 Å². The van der Waals surface area contributed by atoms with Gasteiger partial charge in [-0.15, -0.1) is 0 Å². The molecular weight excluding hydrogens is 354 g/mol. The lowest BCUT2D eigenvalue weighted by molar-refractivity contribution is -0.142. The number of carbonyl (C=O) groups is 1. The van der Waals surface area contributed by atoms with E-state index in [1.807, 2.05) is 31.2 Å². The summed E-state index contributed by atoms with van der Waals surface area (Å²) < 4.78 is 9.86. The molecule has 5 nitrogen and oxygen atoms in total. The van der Waals surface area contributed by atoms with Crippen molar-refractivity contribution >= 4 is 17.6 Å². The second kappa shape index (κ2) is 9.03. The zero-order valence-electron chi connectivity index (χ0n) is 15.2. The lowest BCUT2D eigenvalue weighted by atomic mass is 10.0. The number of esters is 1. The van der Waals surface area contributed by atoms with Gasteiger partial charge in [-0.25, -0.2) is 4.79 Å². The molecule has 6 heteroatoms. The summed E-state index contributed by atoms with van der Waals surface area (Å²) in [6.45, 7) is 3.59. The summed E-state index contributed by atoms with van der Waals surface area (Å²) in [6, 6.07) is 14.6. The maximum Gasteiger partial charge on any atom is 0.343 e. The molecule has 2 atom stereocenters. The number of hydrogen-bond donors (Lipinski definition) is 2. The van der Waals surface area contributed by atoms with E-state index in [9.17, 15) is 9.90 Å². The second-order valence-corrected chi connectivity index (χ2v) is 6.78. The molecule has 0 saturated carbocycles. The van der Waals surface area contributed by atoms with E-state index in [-0.39, 0.29) is 12.6 Å². The molecule has 0 aliphatic heterocycles. The molecule has 140 valence electrons. The van der Waals surface area contributed by atoms with Crippen molar-refractivity contribution in [2.45, 2.75) is 32.0 Å². The number of ether oxygens (including phenoxy) is 2. The van der Waals surface area contributed by atoms with Crippen molar-refractivity contribution in [1.29, 1.82) is 0 Å². The molecule has 0 spiro atoms. The van der Waals surface area contributed by atoms with Crippen LogP contribution in [0.4, 0.5) is 0 Å². The molecule has 0 heterocycles. The van der Waals surface area contributed by atoms with E-state index in [4.69, 9.17) is 16.3 Å². The highest BCUT2D eigenvalue weighted by molar-refractivity contribution is 6.30. The minimum atomic E-state index is -1.19. The minimum absolute atomic E-state index is 0.0193. The molecule has 26 heavy (non-hydrogen) atoms. The van der Waals surface area contributed by atoms with Gasteiger partial charge in [0.1, 0.15) is 11.5 Å². The summed E-state index contributed by atoms with van der Waals surface area (Å²) in [5.41, 5.74) is 0.606. The van der Waals surface area contributed by atoms with Crippen molar-refractivity contribution in [3.63, 3.8) is 0 Å². The number of nitrogens with one attached hydrogen (secondary N) is 1. The Bertz CT molecular complexity index is 731. The van der Waals surface area contributed by atoms with Gasteiger partial charge in [-0.3, -0.25) is 5.32 Å². The summed E-state index contributed by atoms with van der Waals surface area (Å²) in [5, 5.41) is 14.5. The third-order valence-corrected chi connectivity index (χ3v) is 4.20. The van der Waals surface area contributed by atoms with Gasteiger partial charge in [0.25, 0.3) is 0 Å². The SMILES string of the molecule is COC(=O)COc1ccc(C[C@@H](C)N[C@@](C)(O)c2cccc(Cl)c2)cc1. The minimum Gasteiger partial charge on any atom is -0.482 e. The van der Waals surface area contributed by atoms with E-state index in [0.29, 0.717) is 22.8 Å². The normalized spacial score (nSPS) is 14.3. The first kappa shape index (κ1) is 20.2. The maximum atomic E-state index is 11.1. The van der Waals surface area contributed by atoms with Crippen LogP contribution < -0.4 is 10.1 Å². The first-order chi connectivity index (χ1) is 12.3. The molecule has 2 rings (SSSR count). The fourth-order valence-electron chi connectivity index (χ4n) is 2.68. The zero-order valence-corrected chi connectivity index (χ0v) is 15.9. The van der Waals surface area contributed by atoms with Crippen LogP contribution in [0.1, 0.15) is 25.0 Å². The van der Waals surface area contributed by atoms with Crippen LogP contribution >= 0.6 is 11.6 Å². The van der Waals surface area contributed by atoms with Gasteiger partial charge in [-0.05, 0) is 55.7 Å². The number of halogens is 1. The van der Waals surface area contributed by atoms with Crippen LogP contribution in [0.25, 0.3) is 0 Å². The predicted molar refractivity (Wildman–Crippen MR) is 101 cm³/mol. The molecule has 0 saturated heterocycles. The van der Waals surface area contributed by atoms with E-state index in [2.05, 4.69) is 10.1 Å². The van der Waals surface area contributed by atoms with E-state index < -0.39 is 11.7 Å². The molecule has 0 aliphatic rings. The summed E-state index contributed by atoms with van der Waals surface area (Å²) >= 11 is 6.01. The molecule has 2 aromatic carbocycles. The zero-order chi connectivity index (χ0) is 19.2. The van der Waals surface area contributed by atoms with Gasteiger partial charge in [-0.1, -0.05) is 35.9 Å². The van der Waals surface area contributed by atoms with Crippen LogP contribution in [0.5, 0.6) is 5.75 Å². The van der Waals surface area contributed by atoms with Gasteiger partial charge in [0.15, 0.2) is 6.61 Å². The number of methoxy groups -OCH3 is 1. The quantitative estimate of drug-likeness (QED) is 0.546. The van der Waals surface area contributed by atoms with E-state index in [1.54, 1.807) is 31.2 Å². The molecule has 2 aromatic rings. The Morgan fingerprint density at radius 3 is 2.58 bits per heavy atom. The molecule has 0 radical (unpaired) electrons. The van der Waals surface area contributed by atoms with Crippen molar-refractivity contribution in [3.8, 4) is 5.75 Å². The van der Waals surface area contributed by atoms with Crippen molar-refractivity contribution in [1.82, 2.24) is 5.32 Å². The average Bonchev–Trinajstić information content (AvgIpc) is 2.60. The first-order valence-corrected chi connectivity index (χ1v) is 8.72. The van der Waals surface area contributed by atoms with E-state index in [1.165, 1.54) is 7.11 Å². The summed E-state index contributed by atoms with van der Waals surface area (Å²) in [4.78, 5) is 11.1. The molecular formula is C20H24ClNO4. The molecule has 0 unspecified atom stereocenters. The summed E-state index contributed by atoms with van der Waals surface area (Å²) in [6.07, 6.45) is 0.716. The van der Waals surface area contributed by atoms with Gasteiger partial charge in [-0.2, -0.15) is 0 Å². The van der Waals surface area contributed by atoms with E-state index >= 15 is 0 Å². The molecule has 0 aromatic heterocycles. The third kappa shape index (κ3) is 6.02. The highest BCUT2D eigenvalue weighted by Gasteiger charge is 2.25. The number of rotatable bonds is 8. The Morgan fingerprint density at radius 2 is 1.96 bits per heavy atom. The molecule has 2 N–H and O–H groups in total. The van der Waals surface area contributed by atoms with Gasteiger partial charge in [0, 0.05) is 11.1 Å². The van der Waals surface area contributed by atoms with Crippen LogP contribution in [0, 0.1) is 0 Å². The Morgan fingerprint density at radius 1 is 1.27 bits per heavy atom. The monoisotopic (exact) mass is 377 g/mol. The first-order valence-electron chi connectivity index (χ1n) is 8.35. The largest absolute Gasteiger partial charge is 0.482 e. The summed E-state index contributed by atoms with van der Waals surface area (Å²) in [5.74, 6) is 0.181. The Labute approximate surface area is 158 Å². The second-order valence-electron chi connectivity index (χ2n) is 6.34. The number of aliphatic hydroxyl groups is 1. The van der Waals surface area contributed by atoms with Crippen molar-refractivity contribution in [3.05, 3.63) is 64.7 Å². The highest BCUT2D eigenvalue weighted by Crippen LogP contribution is 2.22. The third-order valence-electron chi connectivity index (χ3n) is 3.96. The predicted octanol–water partition coefficient (Wildman–Crippen LogP) is 3.28. The van der Waals surface area contributed by atoms with Crippen LogP contribution in [0.2, 0.25) is 5.02 Å². The standard InChI is InChI=1S/C20H24ClNO4/c1-14(22-20(2,24)16-5-4-6-17(21)12-16)11-15-7-9-18(10-8-15)26-13-19(23)25-3/h4-10,12,14,22,24H,11,13H2,1-3H3/t14-,20+/m1/s1. The molecule has 0 aliphatic carbocycles. The Kier molecular flexibility index (Phi) is 7.03. The van der Waals surface area contributed by atoms with Crippen LogP contribution in [-0.2, 0) is 21.7 Å². The lowest BCUT2D eigenvalue weighted by Crippen LogP contribution is -2.45. The maximum absolute atomic E-state index is 11.1. The lowest BCUT2D eigenvalue weighted by Gasteiger charge is -2.29. The van der Waals surface area contributed by atoms with Crippen LogP contribution in [-0.4, -0.2) is 30.8 Å². The van der Waals surface area contributed by atoms with Crippen molar-refractivity contribution < 1.29 is 19.4 Å². The molecule has 0 fully saturated rings. The number of benzene rings is 2. The molecule has 0 amide bonds. The van der Waals surface area contributed by atoms with Gasteiger partial charge in [0.2, 0.25) is 0 Å². The van der Waals surface area contributed by atoms with Crippen molar-refractivity contribution in [2.75, 3.05) is 13.7 Å². The van der Waals surface area contributed by atoms with Gasteiger partial charge < -0.3 is 14.6 Å². The van der Waals surface area contributed by atoms with Gasteiger partial charge >= 0.3 is 5.97 Å². The fourth-order valence-corrected chi connectivity index (χ4v) is 2.87. The van der Waals surface area contributed by atoms with E-state index in [0.717, 1.165) is 5.56 Å². The summed E-state index contributed by atoms with van der Waals surface area (Å²) in [7, 11) is 1.32. The Balaban J connectivity index is 1.92. The number of carbonyl (C=O) groups excluding carboxylic acids is 1. The molecule has 0 bridgehead atoms.